The molecule has 0 saturated carbocycles. The van der Waals surface area contributed by atoms with Gasteiger partial charge in [-0.1, -0.05) is 12.1 Å². The van der Waals surface area contributed by atoms with E-state index >= 15 is 0 Å². The number of amides is 1. The minimum absolute atomic E-state index is 0.0264. The predicted octanol–water partition coefficient (Wildman–Crippen LogP) is 1.10. The zero-order chi connectivity index (χ0) is 18.4. The molecule has 1 N–H and O–H groups in total. The lowest BCUT2D eigenvalue weighted by Gasteiger charge is -2.10. The summed E-state index contributed by atoms with van der Waals surface area (Å²) >= 11 is 0. The molecule has 25 heavy (non-hydrogen) atoms. The van der Waals surface area contributed by atoms with Crippen LogP contribution in [-0.4, -0.2) is 29.3 Å². The third-order valence-corrected chi connectivity index (χ3v) is 3.94. The summed E-state index contributed by atoms with van der Waals surface area (Å²) in [4.78, 5) is 24.2. The fourth-order valence-corrected chi connectivity index (χ4v) is 2.34. The van der Waals surface area contributed by atoms with Crippen LogP contribution >= 0.6 is 0 Å². The smallest absolute Gasteiger partial charge is 0.285 e. The van der Waals surface area contributed by atoms with Crippen molar-refractivity contribution in [3.05, 3.63) is 57.0 Å². The molecule has 0 unspecified atom stereocenters. The monoisotopic (exact) mass is 340 g/mol. The summed E-state index contributed by atoms with van der Waals surface area (Å²) in [7, 11) is 1.61. The van der Waals surface area contributed by atoms with Gasteiger partial charge in [0.2, 0.25) is 5.91 Å². The molecule has 0 atom stereocenters. The first-order valence-electron chi connectivity index (χ1n) is 7.84. The molecule has 0 aliphatic rings. The van der Waals surface area contributed by atoms with Crippen molar-refractivity contribution in [2.24, 2.45) is 0 Å². The van der Waals surface area contributed by atoms with Crippen molar-refractivity contribution in [2.75, 3.05) is 13.7 Å². The number of nitrogens with one attached hydrogen (secondary N) is 1. The fourth-order valence-electron chi connectivity index (χ4n) is 2.34. The Bertz CT molecular complexity index is 864. The minimum Gasteiger partial charge on any atom is -0.497 e. The molecule has 0 saturated heterocycles. The molecule has 0 aliphatic heterocycles. The fraction of sp³-hybridized carbons (Fsp3) is 0.333. The van der Waals surface area contributed by atoms with Crippen molar-refractivity contribution in [1.82, 2.24) is 15.1 Å². The van der Waals surface area contributed by atoms with Crippen molar-refractivity contribution >= 4 is 5.91 Å². The highest BCUT2D eigenvalue weighted by molar-refractivity contribution is 5.75. The van der Waals surface area contributed by atoms with E-state index in [4.69, 9.17) is 10.00 Å². The summed E-state index contributed by atoms with van der Waals surface area (Å²) in [5.41, 5.74) is 1.65. The molecule has 0 bridgehead atoms. The Morgan fingerprint density at radius 1 is 1.32 bits per heavy atom. The van der Waals surface area contributed by atoms with E-state index in [-0.39, 0.29) is 18.0 Å². The van der Waals surface area contributed by atoms with Gasteiger partial charge in [-0.2, -0.15) is 10.4 Å². The molecule has 0 radical (unpaired) electrons. The van der Waals surface area contributed by atoms with E-state index in [9.17, 15) is 9.59 Å². The highest BCUT2D eigenvalue weighted by atomic mass is 16.5. The van der Waals surface area contributed by atoms with E-state index < -0.39 is 5.56 Å². The third kappa shape index (κ3) is 4.44. The lowest BCUT2D eigenvalue weighted by molar-refractivity contribution is -0.121. The molecule has 1 amide bonds. The summed E-state index contributed by atoms with van der Waals surface area (Å²) in [6.07, 6.45) is 0.661. The minimum atomic E-state index is -0.545. The van der Waals surface area contributed by atoms with Crippen molar-refractivity contribution in [2.45, 2.75) is 26.8 Å². The Morgan fingerprint density at radius 2 is 2.00 bits per heavy atom. The number of rotatable bonds is 6. The second-order valence-electron chi connectivity index (χ2n) is 5.61. The van der Waals surface area contributed by atoms with Gasteiger partial charge in [-0.3, -0.25) is 9.59 Å². The third-order valence-electron chi connectivity index (χ3n) is 3.94. The van der Waals surface area contributed by atoms with Gasteiger partial charge in [0.1, 0.15) is 23.9 Å². The summed E-state index contributed by atoms with van der Waals surface area (Å²) in [6.45, 7) is 3.60. The summed E-state index contributed by atoms with van der Waals surface area (Å²) in [6, 6.07) is 9.46. The maximum absolute atomic E-state index is 12.2. The van der Waals surface area contributed by atoms with Crippen LogP contribution in [0.25, 0.3) is 0 Å². The quantitative estimate of drug-likeness (QED) is 0.849. The Balaban J connectivity index is 1.95. The highest BCUT2D eigenvalue weighted by Crippen LogP contribution is 2.11. The topological polar surface area (TPSA) is 97.0 Å². The molecule has 2 aromatic rings. The van der Waals surface area contributed by atoms with Crippen LogP contribution in [0.1, 0.15) is 22.4 Å². The van der Waals surface area contributed by atoms with E-state index in [2.05, 4.69) is 10.4 Å². The van der Waals surface area contributed by atoms with Crippen LogP contribution in [0, 0.1) is 25.2 Å². The maximum Gasteiger partial charge on any atom is 0.285 e. The molecule has 130 valence electrons. The molecule has 1 aromatic heterocycles. The lowest BCUT2D eigenvalue weighted by atomic mass is 10.1. The molecule has 0 fully saturated rings. The van der Waals surface area contributed by atoms with Crippen molar-refractivity contribution < 1.29 is 9.53 Å². The molecule has 7 heteroatoms. The second-order valence-corrected chi connectivity index (χ2v) is 5.61. The standard InChI is InChI=1S/C18H20N4O3/c1-12-13(2)21-22(18(24)16(12)10-19)11-17(23)20-9-8-14-4-6-15(25-3)7-5-14/h4-7H,8-9,11H2,1-3H3,(H,20,23). The van der Waals surface area contributed by atoms with E-state index in [1.54, 1.807) is 21.0 Å². The molecular weight excluding hydrogens is 320 g/mol. The van der Waals surface area contributed by atoms with Crippen LogP contribution < -0.4 is 15.6 Å². The molecular formula is C18H20N4O3. The van der Waals surface area contributed by atoms with E-state index in [0.29, 0.717) is 24.2 Å². The van der Waals surface area contributed by atoms with Gasteiger partial charge in [0.25, 0.3) is 5.56 Å². The number of nitrogens with zero attached hydrogens (tertiary/aromatic N) is 3. The largest absolute Gasteiger partial charge is 0.497 e. The molecule has 0 aliphatic carbocycles. The van der Waals surface area contributed by atoms with Gasteiger partial charge in [0, 0.05) is 6.54 Å². The van der Waals surface area contributed by atoms with Gasteiger partial charge in [0.05, 0.1) is 12.8 Å². The Morgan fingerprint density at radius 3 is 2.60 bits per heavy atom. The predicted molar refractivity (Wildman–Crippen MR) is 92.4 cm³/mol. The second kappa shape index (κ2) is 8.11. The van der Waals surface area contributed by atoms with Crippen molar-refractivity contribution in [1.29, 1.82) is 5.26 Å². The maximum atomic E-state index is 12.2. The number of carbonyl (C=O) groups excluding carboxylic acids is 1. The number of hydrogen-bond donors (Lipinski definition) is 1. The Labute approximate surface area is 145 Å². The van der Waals surface area contributed by atoms with Crippen LogP contribution in [0.15, 0.2) is 29.1 Å². The number of ether oxygens (including phenoxy) is 1. The zero-order valence-corrected chi connectivity index (χ0v) is 14.5. The summed E-state index contributed by atoms with van der Waals surface area (Å²) in [5, 5.41) is 15.9. The van der Waals surface area contributed by atoms with E-state index in [1.165, 1.54) is 0 Å². The Hall–Kier alpha value is -3.14. The molecule has 1 aromatic carbocycles. The number of methoxy groups -OCH3 is 1. The van der Waals surface area contributed by atoms with Gasteiger partial charge < -0.3 is 10.1 Å². The van der Waals surface area contributed by atoms with E-state index in [0.717, 1.165) is 16.0 Å². The van der Waals surface area contributed by atoms with Crippen LogP contribution in [0.5, 0.6) is 5.75 Å². The van der Waals surface area contributed by atoms with Gasteiger partial charge in [-0.25, -0.2) is 4.68 Å². The number of carbonyl (C=O) groups is 1. The number of aryl methyl sites for hydroxylation is 1. The van der Waals surface area contributed by atoms with E-state index in [1.807, 2.05) is 30.3 Å². The van der Waals surface area contributed by atoms with Crippen LogP contribution in [-0.2, 0) is 17.8 Å². The lowest BCUT2D eigenvalue weighted by Crippen LogP contribution is -2.36. The summed E-state index contributed by atoms with van der Waals surface area (Å²) < 4.78 is 6.13. The number of benzene rings is 1. The zero-order valence-electron chi connectivity index (χ0n) is 14.5. The number of nitriles is 1. The molecule has 7 nitrogen and oxygen atoms in total. The van der Waals surface area contributed by atoms with Crippen molar-refractivity contribution in [3.63, 3.8) is 0 Å². The van der Waals surface area contributed by atoms with Crippen molar-refractivity contribution in [3.8, 4) is 11.8 Å². The molecule has 1 heterocycles. The van der Waals surface area contributed by atoms with Crippen LogP contribution in [0.4, 0.5) is 0 Å². The SMILES string of the molecule is COc1ccc(CCNC(=O)Cn2nc(C)c(C)c(C#N)c2=O)cc1. The number of hydrogen-bond acceptors (Lipinski definition) is 5. The highest BCUT2D eigenvalue weighted by Gasteiger charge is 2.13. The first-order valence-corrected chi connectivity index (χ1v) is 7.84. The molecule has 0 spiro atoms. The Kier molecular flexibility index (Phi) is 5.90. The summed E-state index contributed by atoms with van der Waals surface area (Å²) in [5.74, 6) is 0.455. The molecule has 2 rings (SSSR count). The average Bonchev–Trinajstić information content (AvgIpc) is 2.61. The first kappa shape index (κ1) is 18.2. The normalized spacial score (nSPS) is 10.2. The van der Waals surface area contributed by atoms with Crippen LogP contribution in [0.3, 0.4) is 0 Å². The van der Waals surface area contributed by atoms with Gasteiger partial charge in [-0.05, 0) is 43.5 Å². The first-order chi connectivity index (χ1) is 12.0. The van der Waals surface area contributed by atoms with Gasteiger partial charge in [0.15, 0.2) is 0 Å². The number of aromatic nitrogens is 2. The van der Waals surface area contributed by atoms with Crippen LogP contribution in [0.2, 0.25) is 0 Å². The average molecular weight is 340 g/mol. The van der Waals surface area contributed by atoms with Gasteiger partial charge >= 0.3 is 0 Å². The van der Waals surface area contributed by atoms with Gasteiger partial charge in [-0.15, -0.1) is 0 Å².